The molecular formula is C12H19N3. The van der Waals surface area contributed by atoms with Crippen molar-refractivity contribution in [3.05, 3.63) is 18.0 Å². The summed E-state index contributed by atoms with van der Waals surface area (Å²) in [6.45, 7) is 9.28. The lowest BCUT2D eigenvalue weighted by molar-refractivity contribution is 0.231. The molecule has 82 valence electrons. The summed E-state index contributed by atoms with van der Waals surface area (Å²) >= 11 is 0. The van der Waals surface area contributed by atoms with E-state index in [9.17, 15) is 0 Å². The zero-order valence-corrected chi connectivity index (χ0v) is 9.72. The highest BCUT2D eigenvalue weighted by molar-refractivity contribution is 5.12. The predicted octanol–water partition coefficient (Wildman–Crippen LogP) is 1.70. The van der Waals surface area contributed by atoms with Gasteiger partial charge in [0.2, 0.25) is 0 Å². The molecular weight excluding hydrogens is 186 g/mol. The van der Waals surface area contributed by atoms with Crippen LogP contribution in [0, 0.1) is 18.8 Å². The molecule has 0 N–H and O–H groups in total. The molecule has 1 aromatic heterocycles. The lowest BCUT2D eigenvalue weighted by atomic mass is 10.3. The third-order valence-corrected chi connectivity index (χ3v) is 4.06. The molecule has 0 amide bonds. The van der Waals surface area contributed by atoms with Crippen molar-refractivity contribution >= 4 is 0 Å². The molecule has 0 bridgehead atoms. The number of nitrogens with zero attached hydrogens (tertiary/aromatic N) is 3. The van der Waals surface area contributed by atoms with Crippen LogP contribution in [0.25, 0.3) is 0 Å². The monoisotopic (exact) mass is 205 g/mol. The van der Waals surface area contributed by atoms with Crippen molar-refractivity contribution in [1.82, 2.24) is 14.7 Å². The van der Waals surface area contributed by atoms with Gasteiger partial charge in [0.15, 0.2) is 0 Å². The Morgan fingerprint density at radius 2 is 2.00 bits per heavy atom. The highest BCUT2D eigenvalue weighted by Crippen LogP contribution is 2.55. The van der Waals surface area contributed by atoms with Crippen LogP contribution in [0.5, 0.6) is 0 Å². The largest absolute Gasteiger partial charge is 0.300 e. The lowest BCUT2D eigenvalue weighted by Crippen LogP contribution is -2.31. The normalized spacial score (nSPS) is 34.8. The standard InChI is InChI=1S/C12H19N3/c1-8(2)14-6-10-11(7-14)12(10)15-9(3)4-5-13-15/h4-5,8,10-12H,6-7H2,1-3H3. The summed E-state index contributed by atoms with van der Waals surface area (Å²) in [5.74, 6) is 1.73. The number of fused-ring (bicyclic) bond motifs is 1. The third-order valence-electron chi connectivity index (χ3n) is 4.06. The molecule has 3 nitrogen and oxygen atoms in total. The van der Waals surface area contributed by atoms with Gasteiger partial charge >= 0.3 is 0 Å². The Labute approximate surface area is 91.1 Å². The predicted molar refractivity (Wildman–Crippen MR) is 59.7 cm³/mol. The van der Waals surface area contributed by atoms with Gasteiger partial charge in [0.25, 0.3) is 0 Å². The molecule has 2 atom stereocenters. The van der Waals surface area contributed by atoms with Crippen LogP contribution in [0.3, 0.4) is 0 Å². The molecule has 1 aliphatic heterocycles. The minimum atomic E-state index is 0.704. The molecule has 0 aromatic carbocycles. The summed E-state index contributed by atoms with van der Waals surface area (Å²) in [5, 5.41) is 4.43. The Morgan fingerprint density at radius 3 is 2.47 bits per heavy atom. The van der Waals surface area contributed by atoms with E-state index in [2.05, 4.69) is 41.5 Å². The molecule has 2 aliphatic rings. The molecule has 1 aromatic rings. The van der Waals surface area contributed by atoms with E-state index >= 15 is 0 Å². The van der Waals surface area contributed by atoms with Crippen molar-refractivity contribution in [2.75, 3.05) is 13.1 Å². The Bertz CT molecular complexity index is 357. The van der Waals surface area contributed by atoms with Crippen molar-refractivity contribution in [3.8, 4) is 0 Å². The van der Waals surface area contributed by atoms with Gasteiger partial charge in [0, 0.05) is 42.9 Å². The van der Waals surface area contributed by atoms with Crippen LogP contribution in [0.4, 0.5) is 0 Å². The molecule has 0 spiro atoms. The number of hydrogen-bond acceptors (Lipinski definition) is 2. The minimum absolute atomic E-state index is 0.704. The maximum atomic E-state index is 4.43. The Morgan fingerprint density at radius 1 is 1.33 bits per heavy atom. The number of rotatable bonds is 2. The van der Waals surface area contributed by atoms with Gasteiger partial charge in [0.1, 0.15) is 0 Å². The summed E-state index contributed by atoms with van der Waals surface area (Å²) in [4.78, 5) is 2.59. The van der Waals surface area contributed by atoms with E-state index in [0.29, 0.717) is 12.1 Å². The van der Waals surface area contributed by atoms with Crippen LogP contribution in [0.15, 0.2) is 12.3 Å². The van der Waals surface area contributed by atoms with Gasteiger partial charge in [0.05, 0.1) is 6.04 Å². The van der Waals surface area contributed by atoms with E-state index in [4.69, 9.17) is 0 Å². The highest BCUT2D eigenvalue weighted by Gasteiger charge is 2.57. The van der Waals surface area contributed by atoms with Crippen molar-refractivity contribution in [2.24, 2.45) is 11.8 Å². The molecule has 3 heteroatoms. The van der Waals surface area contributed by atoms with Crippen molar-refractivity contribution in [1.29, 1.82) is 0 Å². The quantitative estimate of drug-likeness (QED) is 0.733. The number of likely N-dealkylation sites (tertiary alicyclic amines) is 1. The van der Waals surface area contributed by atoms with Crippen LogP contribution in [-0.4, -0.2) is 33.8 Å². The molecule has 2 unspecified atom stereocenters. The zero-order chi connectivity index (χ0) is 10.6. The van der Waals surface area contributed by atoms with Crippen LogP contribution in [0.2, 0.25) is 0 Å². The van der Waals surface area contributed by atoms with E-state index in [1.54, 1.807) is 0 Å². The average molecular weight is 205 g/mol. The molecule has 1 saturated carbocycles. The maximum absolute atomic E-state index is 4.43. The van der Waals surface area contributed by atoms with Crippen molar-refractivity contribution in [2.45, 2.75) is 32.9 Å². The average Bonchev–Trinajstić information content (AvgIpc) is 2.63. The lowest BCUT2D eigenvalue weighted by Gasteiger charge is -2.23. The van der Waals surface area contributed by atoms with Crippen LogP contribution in [0.1, 0.15) is 25.6 Å². The van der Waals surface area contributed by atoms with Gasteiger partial charge in [-0.25, -0.2) is 0 Å². The van der Waals surface area contributed by atoms with Crippen LogP contribution < -0.4 is 0 Å². The first kappa shape index (κ1) is 9.40. The molecule has 1 aliphatic carbocycles. The Kier molecular flexibility index (Phi) is 1.93. The fourth-order valence-corrected chi connectivity index (χ4v) is 3.00. The first-order valence-corrected chi connectivity index (χ1v) is 5.92. The fourth-order valence-electron chi connectivity index (χ4n) is 3.00. The number of piperidine rings is 1. The molecule has 1 saturated heterocycles. The second-order valence-electron chi connectivity index (χ2n) is 5.28. The zero-order valence-electron chi connectivity index (χ0n) is 9.72. The third kappa shape index (κ3) is 1.33. The number of aryl methyl sites for hydroxylation is 1. The minimum Gasteiger partial charge on any atom is -0.300 e. The summed E-state index contributed by atoms with van der Waals surface area (Å²) in [5.41, 5.74) is 1.31. The second-order valence-corrected chi connectivity index (χ2v) is 5.28. The van der Waals surface area contributed by atoms with Gasteiger partial charge in [-0.2, -0.15) is 5.10 Å². The topological polar surface area (TPSA) is 21.1 Å². The smallest absolute Gasteiger partial charge is 0.0610 e. The van der Waals surface area contributed by atoms with Crippen LogP contribution in [-0.2, 0) is 0 Å². The van der Waals surface area contributed by atoms with Gasteiger partial charge in [-0.05, 0) is 26.8 Å². The summed E-state index contributed by atoms with van der Waals surface area (Å²) < 4.78 is 2.23. The number of hydrogen-bond donors (Lipinski definition) is 0. The van der Waals surface area contributed by atoms with E-state index in [-0.39, 0.29) is 0 Å². The fraction of sp³-hybridized carbons (Fsp3) is 0.750. The van der Waals surface area contributed by atoms with Crippen LogP contribution >= 0.6 is 0 Å². The SMILES string of the molecule is Cc1ccnn1C1C2CN(C(C)C)CC21. The van der Waals surface area contributed by atoms with E-state index in [1.165, 1.54) is 18.8 Å². The molecule has 2 heterocycles. The molecule has 3 rings (SSSR count). The molecule has 2 fully saturated rings. The summed E-state index contributed by atoms with van der Waals surface area (Å²) in [6, 6.07) is 3.51. The Balaban J connectivity index is 1.71. The Hall–Kier alpha value is -0.830. The second kappa shape index (κ2) is 3.08. The van der Waals surface area contributed by atoms with E-state index < -0.39 is 0 Å². The maximum Gasteiger partial charge on any atom is 0.0610 e. The first-order valence-electron chi connectivity index (χ1n) is 5.92. The van der Waals surface area contributed by atoms with E-state index in [1.807, 2.05) is 6.20 Å². The summed E-state index contributed by atoms with van der Waals surface area (Å²) in [7, 11) is 0. The summed E-state index contributed by atoms with van der Waals surface area (Å²) in [6.07, 6.45) is 1.92. The molecule has 15 heavy (non-hydrogen) atoms. The van der Waals surface area contributed by atoms with Gasteiger partial charge in [-0.3, -0.25) is 4.68 Å². The van der Waals surface area contributed by atoms with Gasteiger partial charge in [-0.15, -0.1) is 0 Å². The van der Waals surface area contributed by atoms with Gasteiger partial charge < -0.3 is 4.90 Å². The van der Waals surface area contributed by atoms with Crippen molar-refractivity contribution in [3.63, 3.8) is 0 Å². The first-order chi connectivity index (χ1) is 7.18. The number of aromatic nitrogens is 2. The van der Waals surface area contributed by atoms with E-state index in [0.717, 1.165) is 11.8 Å². The van der Waals surface area contributed by atoms with Crippen molar-refractivity contribution < 1.29 is 0 Å². The highest BCUT2D eigenvalue weighted by atomic mass is 15.4. The molecule has 0 radical (unpaired) electrons. The van der Waals surface area contributed by atoms with Gasteiger partial charge in [-0.1, -0.05) is 0 Å².